The fourth-order valence-electron chi connectivity index (χ4n) is 1.58. The van der Waals surface area contributed by atoms with E-state index in [2.05, 4.69) is 20.8 Å². The van der Waals surface area contributed by atoms with Crippen LogP contribution in [-0.4, -0.2) is 27.3 Å². The van der Waals surface area contributed by atoms with Crippen LogP contribution in [0.25, 0.3) is 0 Å². The first-order valence-corrected chi connectivity index (χ1v) is 7.14. The van der Waals surface area contributed by atoms with Gasteiger partial charge in [-0.1, -0.05) is 20.8 Å². The van der Waals surface area contributed by atoms with Crippen LogP contribution in [-0.2, 0) is 0 Å². The Kier molecular flexibility index (Phi) is 4.98. The van der Waals surface area contributed by atoms with Crippen LogP contribution in [0.1, 0.15) is 27.2 Å². The molecule has 0 aliphatic carbocycles. The molecular formula is C10H20OS2. The molecule has 0 unspecified atom stereocenters. The molecule has 1 saturated heterocycles. The number of hydrogen-bond acceptors (Lipinski definition) is 3. The molecule has 1 aliphatic heterocycles. The lowest BCUT2D eigenvalue weighted by molar-refractivity contribution is 0.0790. The highest BCUT2D eigenvalue weighted by molar-refractivity contribution is 8.17. The van der Waals surface area contributed by atoms with E-state index in [-0.39, 0.29) is 6.10 Å². The highest BCUT2D eigenvalue weighted by atomic mass is 32.2. The maximum Gasteiger partial charge on any atom is 0.0607 e. The monoisotopic (exact) mass is 220 g/mol. The summed E-state index contributed by atoms with van der Waals surface area (Å²) in [7, 11) is 0. The standard InChI is InChI=1S/C10H20OS2/c1-7(2)9(11)8(3)10-12-5-4-6-13-10/h7-11H,4-6H2,1-3H3/t8-,9+/m1/s1. The first-order valence-electron chi connectivity index (χ1n) is 5.04. The quantitative estimate of drug-likeness (QED) is 0.790. The minimum Gasteiger partial charge on any atom is -0.393 e. The number of rotatable bonds is 3. The second-order valence-corrected chi connectivity index (χ2v) is 6.85. The molecule has 1 fully saturated rings. The molecular weight excluding hydrogens is 200 g/mol. The van der Waals surface area contributed by atoms with E-state index in [0.717, 1.165) is 0 Å². The van der Waals surface area contributed by atoms with Gasteiger partial charge in [0.2, 0.25) is 0 Å². The Morgan fingerprint density at radius 3 is 2.15 bits per heavy atom. The summed E-state index contributed by atoms with van der Waals surface area (Å²) in [5.74, 6) is 3.35. The molecule has 0 aromatic heterocycles. The van der Waals surface area contributed by atoms with Crippen LogP contribution in [0.5, 0.6) is 0 Å². The lowest BCUT2D eigenvalue weighted by Crippen LogP contribution is -2.31. The molecule has 1 rings (SSSR count). The van der Waals surface area contributed by atoms with Gasteiger partial charge in [0.25, 0.3) is 0 Å². The first kappa shape index (κ1) is 11.7. The molecule has 3 heteroatoms. The van der Waals surface area contributed by atoms with Crippen molar-refractivity contribution >= 4 is 23.5 Å². The summed E-state index contributed by atoms with van der Waals surface area (Å²) in [6, 6.07) is 0. The van der Waals surface area contributed by atoms with E-state index in [0.29, 0.717) is 16.4 Å². The van der Waals surface area contributed by atoms with E-state index >= 15 is 0 Å². The van der Waals surface area contributed by atoms with Crippen LogP contribution in [0.3, 0.4) is 0 Å². The third kappa shape index (κ3) is 3.37. The maximum atomic E-state index is 9.92. The van der Waals surface area contributed by atoms with Gasteiger partial charge in [0, 0.05) is 5.92 Å². The normalized spacial score (nSPS) is 24.7. The van der Waals surface area contributed by atoms with Gasteiger partial charge < -0.3 is 5.11 Å². The molecule has 0 spiro atoms. The van der Waals surface area contributed by atoms with Gasteiger partial charge in [-0.15, -0.1) is 23.5 Å². The van der Waals surface area contributed by atoms with Gasteiger partial charge in [0.15, 0.2) is 0 Å². The molecule has 0 bridgehead atoms. The zero-order valence-corrected chi connectivity index (χ0v) is 10.3. The highest BCUT2D eigenvalue weighted by Gasteiger charge is 2.28. The number of aliphatic hydroxyl groups is 1. The highest BCUT2D eigenvalue weighted by Crippen LogP contribution is 2.38. The molecule has 13 heavy (non-hydrogen) atoms. The van der Waals surface area contributed by atoms with E-state index < -0.39 is 0 Å². The molecule has 1 nitrogen and oxygen atoms in total. The van der Waals surface area contributed by atoms with Gasteiger partial charge in [-0.2, -0.15) is 0 Å². The lowest BCUT2D eigenvalue weighted by Gasteiger charge is -2.31. The first-order chi connectivity index (χ1) is 6.13. The largest absolute Gasteiger partial charge is 0.393 e. The van der Waals surface area contributed by atoms with Crippen LogP contribution in [0.15, 0.2) is 0 Å². The van der Waals surface area contributed by atoms with E-state index in [4.69, 9.17) is 0 Å². The van der Waals surface area contributed by atoms with Crippen LogP contribution in [0, 0.1) is 11.8 Å². The molecule has 1 heterocycles. The minimum absolute atomic E-state index is 0.136. The van der Waals surface area contributed by atoms with Crippen LogP contribution in [0.2, 0.25) is 0 Å². The molecule has 0 amide bonds. The smallest absolute Gasteiger partial charge is 0.0607 e. The summed E-state index contributed by atoms with van der Waals surface area (Å²) < 4.78 is 0.617. The van der Waals surface area contributed by atoms with Crippen molar-refractivity contribution in [3.8, 4) is 0 Å². The summed E-state index contributed by atoms with van der Waals surface area (Å²) in [5.41, 5.74) is 0. The van der Waals surface area contributed by atoms with E-state index in [9.17, 15) is 5.11 Å². The number of hydrogen-bond donors (Lipinski definition) is 1. The third-order valence-electron chi connectivity index (χ3n) is 2.50. The Hall–Kier alpha value is 0.660. The van der Waals surface area contributed by atoms with Gasteiger partial charge in [-0.05, 0) is 23.8 Å². The third-order valence-corrected chi connectivity index (χ3v) is 5.88. The Labute approximate surface area is 90.1 Å². The molecule has 0 saturated carbocycles. The lowest BCUT2D eigenvalue weighted by atomic mass is 9.96. The van der Waals surface area contributed by atoms with Crippen molar-refractivity contribution in [1.82, 2.24) is 0 Å². The van der Waals surface area contributed by atoms with Crippen molar-refractivity contribution in [3.63, 3.8) is 0 Å². The Bertz CT molecular complexity index is 144. The zero-order chi connectivity index (χ0) is 9.84. The summed E-state index contributed by atoms with van der Waals surface area (Å²) in [4.78, 5) is 0. The molecule has 1 N–H and O–H groups in total. The average Bonchev–Trinajstić information content (AvgIpc) is 2.17. The minimum atomic E-state index is -0.136. The number of thioether (sulfide) groups is 2. The van der Waals surface area contributed by atoms with Crippen molar-refractivity contribution in [1.29, 1.82) is 0 Å². The van der Waals surface area contributed by atoms with Crippen molar-refractivity contribution in [2.45, 2.75) is 37.9 Å². The van der Waals surface area contributed by atoms with Crippen molar-refractivity contribution in [2.24, 2.45) is 11.8 Å². The van der Waals surface area contributed by atoms with Crippen molar-refractivity contribution < 1.29 is 5.11 Å². The molecule has 0 aromatic rings. The predicted molar refractivity (Wildman–Crippen MR) is 63.3 cm³/mol. The predicted octanol–water partition coefficient (Wildman–Crippen LogP) is 2.84. The average molecular weight is 220 g/mol. The Morgan fingerprint density at radius 2 is 1.69 bits per heavy atom. The summed E-state index contributed by atoms with van der Waals surface area (Å²) in [6.07, 6.45) is 1.19. The van der Waals surface area contributed by atoms with E-state index in [1.54, 1.807) is 0 Å². The summed E-state index contributed by atoms with van der Waals surface area (Å²) in [5, 5.41) is 9.92. The van der Waals surface area contributed by atoms with Gasteiger partial charge in [-0.25, -0.2) is 0 Å². The van der Waals surface area contributed by atoms with Gasteiger partial charge >= 0.3 is 0 Å². The van der Waals surface area contributed by atoms with Crippen LogP contribution < -0.4 is 0 Å². The SMILES string of the molecule is CC(C)[C@H](O)[C@@H](C)C1SCCCS1. The zero-order valence-electron chi connectivity index (χ0n) is 8.69. The van der Waals surface area contributed by atoms with E-state index in [1.807, 2.05) is 23.5 Å². The Balaban J connectivity index is 2.40. The van der Waals surface area contributed by atoms with E-state index in [1.165, 1.54) is 17.9 Å². The van der Waals surface area contributed by atoms with Crippen LogP contribution in [0.4, 0.5) is 0 Å². The molecule has 0 aromatic carbocycles. The molecule has 1 aliphatic rings. The number of aliphatic hydroxyl groups excluding tert-OH is 1. The molecule has 78 valence electrons. The van der Waals surface area contributed by atoms with Crippen molar-refractivity contribution in [3.05, 3.63) is 0 Å². The van der Waals surface area contributed by atoms with Crippen molar-refractivity contribution in [2.75, 3.05) is 11.5 Å². The summed E-state index contributed by atoms with van der Waals surface area (Å²) >= 11 is 4.04. The van der Waals surface area contributed by atoms with Gasteiger partial charge in [0.05, 0.1) is 10.7 Å². The fourth-order valence-corrected chi connectivity index (χ4v) is 4.74. The maximum absolute atomic E-state index is 9.92. The molecule has 0 radical (unpaired) electrons. The fraction of sp³-hybridized carbons (Fsp3) is 1.00. The molecule has 2 atom stereocenters. The topological polar surface area (TPSA) is 20.2 Å². The second kappa shape index (κ2) is 5.52. The van der Waals surface area contributed by atoms with Crippen LogP contribution >= 0.6 is 23.5 Å². The Morgan fingerprint density at radius 1 is 1.15 bits per heavy atom. The van der Waals surface area contributed by atoms with Gasteiger partial charge in [0.1, 0.15) is 0 Å². The summed E-state index contributed by atoms with van der Waals surface area (Å²) in [6.45, 7) is 6.37. The van der Waals surface area contributed by atoms with Gasteiger partial charge in [-0.3, -0.25) is 0 Å². The second-order valence-electron chi connectivity index (χ2n) is 4.06.